The topological polar surface area (TPSA) is 68.2 Å². The van der Waals surface area contributed by atoms with E-state index in [9.17, 15) is 9.59 Å². The maximum absolute atomic E-state index is 12.9. The zero-order valence-electron chi connectivity index (χ0n) is 19.4. The van der Waals surface area contributed by atoms with Crippen LogP contribution in [-0.4, -0.2) is 30.1 Å². The molecule has 0 spiro atoms. The number of benzene rings is 2. The molecule has 2 amide bonds. The summed E-state index contributed by atoms with van der Waals surface area (Å²) in [5, 5.41) is 5.36. The summed E-state index contributed by atoms with van der Waals surface area (Å²) in [4.78, 5) is 25.8. The molecule has 34 heavy (non-hydrogen) atoms. The van der Waals surface area contributed by atoms with Crippen LogP contribution in [0.2, 0.25) is 0 Å². The number of hydrogen-bond acceptors (Lipinski definition) is 5. The number of nitrogens with zero attached hydrogens (tertiary/aromatic N) is 2. The quantitative estimate of drug-likeness (QED) is 0.334. The zero-order chi connectivity index (χ0) is 23.8. The summed E-state index contributed by atoms with van der Waals surface area (Å²) >= 11 is 0. The van der Waals surface area contributed by atoms with E-state index in [-0.39, 0.29) is 35.5 Å². The van der Waals surface area contributed by atoms with Crippen molar-refractivity contribution in [3.8, 4) is 11.5 Å². The largest absolute Gasteiger partial charge is 0.493 e. The number of hydrogen-bond donors (Lipinski definition) is 0. The molecule has 174 valence electrons. The summed E-state index contributed by atoms with van der Waals surface area (Å²) in [5.74, 6) is 0.619. The van der Waals surface area contributed by atoms with Gasteiger partial charge < -0.3 is 9.47 Å². The van der Waals surface area contributed by atoms with Crippen molar-refractivity contribution < 1.29 is 19.1 Å². The maximum Gasteiger partial charge on any atom is 0.254 e. The molecule has 1 heterocycles. The standard InChI is InChI=1S/C28H28N2O4/c1-4-5-22-12-19(13-23(33-3)26(22)34-16-18-8-6-17(2)7-9-18)15-29-30-27(31)24-20-10-11-21(14-20)25(24)28(30)32/h4,6-13,15,20-21,24-25H,1,5,14,16H2,2-3H3/t20-,21-,24-,25+/m0/s1. The molecule has 4 atom stereocenters. The maximum atomic E-state index is 12.9. The number of fused-ring (bicyclic) bond motifs is 5. The van der Waals surface area contributed by atoms with Gasteiger partial charge in [-0.3, -0.25) is 9.59 Å². The molecule has 3 aliphatic rings. The minimum absolute atomic E-state index is 0.163. The highest BCUT2D eigenvalue weighted by Crippen LogP contribution is 2.52. The van der Waals surface area contributed by atoms with Gasteiger partial charge in [-0.15, -0.1) is 6.58 Å². The Morgan fingerprint density at radius 2 is 1.76 bits per heavy atom. The average Bonchev–Trinajstić information content (AvgIpc) is 3.52. The van der Waals surface area contributed by atoms with Crippen LogP contribution in [0.5, 0.6) is 11.5 Å². The van der Waals surface area contributed by atoms with Crippen LogP contribution in [0, 0.1) is 30.6 Å². The van der Waals surface area contributed by atoms with Crippen LogP contribution in [0.25, 0.3) is 0 Å². The van der Waals surface area contributed by atoms with E-state index < -0.39 is 0 Å². The lowest BCUT2D eigenvalue weighted by Gasteiger charge is -2.16. The van der Waals surface area contributed by atoms with Crippen molar-refractivity contribution in [2.75, 3.05) is 7.11 Å². The summed E-state index contributed by atoms with van der Waals surface area (Å²) in [7, 11) is 1.59. The predicted octanol–water partition coefficient (Wildman–Crippen LogP) is 4.45. The third-order valence-electron chi connectivity index (χ3n) is 7.01. The molecule has 0 unspecified atom stereocenters. The number of rotatable bonds is 8. The lowest BCUT2D eigenvalue weighted by molar-refractivity contribution is -0.140. The van der Waals surface area contributed by atoms with Crippen molar-refractivity contribution in [1.82, 2.24) is 5.01 Å². The highest BCUT2D eigenvalue weighted by molar-refractivity contribution is 6.06. The first-order valence-corrected chi connectivity index (χ1v) is 11.6. The number of amides is 2. The van der Waals surface area contributed by atoms with E-state index >= 15 is 0 Å². The molecule has 1 aliphatic heterocycles. The Labute approximate surface area is 199 Å². The first-order valence-electron chi connectivity index (χ1n) is 11.6. The number of imide groups is 1. The normalized spacial score (nSPS) is 24.8. The van der Waals surface area contributed by atoms with Gasteiger partial charge in [0.2, 0.25) is 0 Å². The lowest BCUT2D eigenvalue weighted by Crippen LogP contribution is -2.28. The van der Waals surface area contributed by atoms with Gasteiger partial charge in [0.15, 0.2) is 11.5 Å². The first-order chi connectivity index (χ1) is 16.5. The van der Waals surface area contributed by atoms with Crippen LogP contribution in [0.3, 0.4) is 0 Å². The molecule has 2 aromatic carbocycles. The monoisotopic (exact) mass is 456 g/mol. The predicted molar refractivity (Wildman–Crippen MR) is 130 cm³/mol. The van der Waals surface area contributed by atoms with Gasteiger partial charge in [0.05, 0.1) is 25.2 Å². The van der Waals surface area contributed by atoms with Gasteiger partial charge in [0.25, 0.3) is 11.8 Å². The van der Waals surface area contributed by atoms with Crippen molar-refractivity contribution in [1.29, 1.82) is 0 Å². The molecule has 1 saturated carbocycles. The summed E-state index contributed by atoms with van der Waals surface area (Å²) < 4.78 is 11.8. The van der Waals surface area contributed by atoms with Crippen molar-refractivity contribution in [3.05, 3.63) is 83.5 Å². The van der Waals surface area contributed by atoms with Gasteiger partial charge in [-0.05, 0) is 54.9 Å². The van der Waals surface area contributed by atoms with E-state index in [1.807, 2.05) is 25.1 Å². The van der Waals surface area contributed by atoms with Crippen LogP contribution in [0.1, 0.15) is 28.7 Å². The SMILES string of the molecule is C=CCc1cc(C=NN2C(=O)[C@@H]3[C@H](C2=O)[C@H]2C=C[C@H]3C2)cc(OC)c1OCc1ccc(C)cc1. The van der Waals surface area contributed by atoms with Gasteiger partial charge >= 0.3 is 0 Å². The summed E-state index contributed by atoms with van der Waals surface area (Å²) in [6.07, 6.45) is 8.97. The fourth-order valence-electron chi connectivity index (χ4n) is 5.35. The van der Waals surface area contributed by atoms with Gasteiger partial charge in [-0.2, -0.15) is 10.1 Å². The molecule has 5 rings (SSSR count). The summed E-state index contributed by atoms with van der Waals surface area (Å²) in [5.41, 5.74) is 3.86. The third-order valence-corrected chi connectivity index (χ3v) is 7.01. The number of carbonyl (C=O) groups is 2. The Balaban J connectivity index is 1.38. The lowest BCUT2D eigenvalue weighted by atomic mass is 9.85. The van der Waals surface area contributed by atoms with Crippen LogP contribution < -0.4 is 9.47 Å². The molecule has 6 nitrogen and oxygen atoms in total. The van der Waals surface area contributed by atoms with Gasteiger partial charge in [0.1, 0.15) is 6.61 Å². The number of carbonyl (C=O) groups excluding carboxylic acids is 2. The molecule has 0 N–H and O–H groups in total. The number of ether oxygens (including phenoxy) is 2. The molecule has 2 aliphatic carbocycles. The molecule has 2 fully saturated rings. The molecular formula is C28H28N2O4. The molecule has 0 aromatic heterocycles. The average molecular weight is 457 g/mol. The van der Waals surface area contributed by atoms with E-state index in [0.717, 1.165) is 28.1 Å². The second-order valence-corrected chi connectivity index (χ2v) is 9.21. The Bertz CT molecular complexity index is 1170. The van der Waals surface area contributed by atoms with Crippen molar-refractivity contribution in [2.24, 2.45) is 28.8 Å². The van der Waals surface area contributed by atoms with Crippen LogP contribution in [-0.2, 0) is 22.6 Å². The van der Waals surface area contributed by atoms with E-state index in [2.05, 4.69) is 36.0 Å². The molecule has 2 bridgehead atoms. The highest BCUT2D eigenvalue weighted by atomic mass is 16.5. The van der Waals surface area contributed by atoms with E-state index in [0.29, 0.717) is 24.5 Å². The Hall–Kier alpha value is -3.67. The number of aryl methyl sites for hydroxylation is 1. The molecular weight excluding hydrogens is 428 g/mol. The molecule has 0 radical (unpaired) electrons. The molecule has 1 saturated heterocycles. The second-order valence-electron chi connectivity index (χ2n) is 9.21. The molecule has 2 aromatic rings. The van der Waals surface area contributed by atoms with Gasteiger partial charge in [-0.1, -0.05) is 48.1 Å². The minimum atomic E-state index is -0.261. The Morgan fingerprint density at radius 1 is 1.09 bits per heavy atom. The Kier molecular flexibility index (Phi) is 5.82. The highest BCUT2D eigenvalue weighted by Gasteiger charge is 2.59. The fraction of sp³-hybridized carbons (Fsp3) is 0.321. The van der Waals surface area contributed by atoms with E-state index in [1.165, 1.54) is 5.56 Å². The number of methoxy groups -OCH3 is 1. The van der Waals surface area contributed by atoms with Gasteiger partial charge in [-0.25, -0.2) is 0 Å². The van der Waals surface area contributed by atoms with Crippen LogP contribution in [0.4, 0.5) is 0 Å². The second kappa shape index (κ2) is 8.93. The van der Waals surface area contributed by atoms with Gasteiger partial charge in [0, 0.05) is 5.56 Å². The van der Waals surface area contributed by atoms with Crippen LogP contribution >= 0.6 is 0 Å². The first kappa shape index (κ1) is 22.1. The van der Waals surface area contributed by atoms with Crippen molar-refractivity contribution in [3.63, 3.8) is 0 Å². The van der Waals surface area contributed by atoms with E-state index in [1.54, 1.807) is 25.5 Å². The summed E-state index contributed by atoms with van der Waals surface area (Å²) in [6.45, 7) is 6.31. The minimum Gasteiger partial charge on any atom is -0.493 e. The smallest absolute Gasteiger partial charge is 0.254 e. The number of hydrazone groups is 1. The third kappa shape index (κ3) is 3.83. The van der Waals surface area contributed by atoms with Crippen LogP contribution in [0.15, 0.2) is 66.3 Å². The van der Waals surface area contributed by atoms with Crippen molar-refractivity contribution >= 4 is 18.0 Å². The number of allylic oxidation sites excluding steroid dienone is 3. The molecule has 6 heteroatoms. The Morgan fingerprint density at radius 3 is 2.38 bits per heavy atom. The van der Waals surface area contributed by atoms with Crippen molar-refractivity contribution in [2.45, 2.75) is 26.4 Å². The van der Waals surface area contributed by atoms with E-state index in [4.69, 9.17) is 9.47 Å². The fourth-order valence-corrected chi connectivity index (χ4v) is 5.35. The summed E-state index contributed by atoms with van der Waals surface area (Å²) in [6, 6.07) is 11.9. The zero-order valence-corrected chi connectivity index (χ0v) is 19.4.